The van der Waals surface area contributed by atoms with E-state index in [1.54, 1.807) is 35.2 Å². The van der Waals surface area contributed by atoms with Gasteiger partial charge in [-0.2, -0.15) is 0 Å². The van der Waals surface area contributed by atoms with Crippen molar-refractivity contribution < 1.29 is 14.0 Å². The van der Waals surface area contributed by atoms with Crippen LogP contribution in [-0.4, -0.2) is 24.9 Å². The largest absolute Gasteiger partial charge is 0.323 e. The van der Waals surface area contributed by atoms with Crippen molar-refractivity contribution in [2.45, 2.75) is 19.4 Å². The maximum absolute atomic E-state index is 14.7. The predicted molar refractivity (Wildman–Crippen MR) is 110 cm³/mol. The molecule has 0 spiro atoms. The summed E-state index contributed by atoms with van der Waals surface area (Å²) in [5.74, 6) is -1.37. The van der Waals surface area contributed by atoms with Crippen molar-refractivity contribution in [3.8, 4) is 0 Å². The monoisotopic (exact) mass is 423 g/mol. The van der Waals surface area contributed by atoms with Crippen LogP contribution in [0.2, 0.25) is 5.02 Å². The fraction of sp³-hybridized carbons (Fsp3) is 0.300. The molecule has 1 atom stereocenters. The molecule has 1 saturated heterocycles. The zero-order valence-corrected chi connectivity index (χ0v) is 16.6. The Kier molecular flexibility index (Phi) is 6.23. The molecule has 0 bridgehead atoms. The minimum Gasteiger partial charge on any atom is -0.323 e. The van der Waals surface area contributed by atoms with Crippen LogP contribution in [0.25, 0.3) is 0 Å². The Bertz CT molecular complexity index is 905. The van der Waals surface area contributed by atoms with Crippen LogP contribution in [0.4, 0.5) is 15.8 Å². The summed E-state index contributed by atoms with van der Waals surface area (Å²) >= 11 is 5.88. The van der Waals surface area contributed by atoms with Gasteiger partial charge in [0.15, 0.2) is 0 Å². The number of anilines is 2. The van der Waals surface area contributed by atoms with Crippen molar-refractivity contribution in [1.29, 1.82) is 0 Å². The molecule has 148 valence electrons. The van der Waals surface area contributed by atoms with Crippen LogP contribution in [0.1, 0.15) is 17.5 Å². The van der Waals surface area contributed by atoms with Gasteiger partial charge in [0.1, 0.15) is 5.82 Å². The highest BCUT2D eigenvalue weighted by atomic mass is 35.5. The van der Waals surface area contributed by atoms with Gasteiger partial charge in [-0.15, -0.1) is 12.4 Å². The van der Waals surface area contributed by atoms with Crippen LogP contribution < -0.4 is 15.5 Å². The van der Waals surface area contributed by atoms with Crippen molar-refractivity contribution in [3.05, 3.63) is 58.4 Å². The molecule has 8 heteroatoms. The average Bonchev–Trinajstić information content (AvgIpc) is 3.07. The van der Waals surface area contributed by atoms with E-state index in [1.807, 2.05) is 6.07 Å². The lowest BCUT2D eigenvalue weighted by Crippen LogP contribution is -2.29. The molecule has 28 heavy (non-hydrogen) atoms. The van der Waals surface area contributed by atoms with Crippen molar-refractivity contribution in [3.63, 3.8) is 0 Å². The second-order valence-corrected chi connectivity index (χ2v) is 7.30. The molecule has 1 fully saturated rings. The smallest absolute Gasteiger partial charge is 0.229 e. The zero-order chi connectivity index (χ0) is 19.0. The number of rotatable bonds is 3. The normalized spacial score (nSPS) is 18.4. The number of hydrogen-bond donors (Lipinski definition) is 2. The van der Waals surface area contributed by atoms with Gasteiger partial charge in [0, 0.05) is 30.2 Å². The molecule has 5 nitrogen and oxygen atoms in total. The summed E-state index contributed by atoms with van der Waals surface area (Å²) in [5.41, 5.74) is 2.45. The molecule has 2 aliphatic rings. The Balaban J connectivity index is 0.00000225. The fourth-order valence-electron chi connectivity index (χ4n) is 3.62. The SMILES string of the molecule is Cl.O=C(Nc1ccc2c(c1F)CCNC2)C1CC(=O)N(c2ccc(Cl)cc2)C1. The topological polar surface area (TPSA) is 61.4 Å². The van der Waals surface area contributed by atoms with E-state index >= 15 is 0 Å². The molecule has 0 aliphatic carbocycles. The van der Waals surface area contributed by atoms with Crippen LogP contribution in [-0.2, 0) is 22.6 Å². The standard InChI is InChI=1S/C20H19ClFN3O2.ClH/c21-14-2-4-15(5-3-14)25-11-13(9-18(25)26)20(27)24-17-6-1-12-10-23-8-7-16(12)19(17)22;/h1-6,13,23H,7-11H2,(H,24,27);1H. The first-order chi connectivity index (χ1) is 13.0. The third-order valence-corrected chi connectivity index (χ3v) is 5.35. The first-order valence-electron chi connectivity index (χ1n) is 8.90. The van der Waals surface area contributed by atoms with E-state index in [2.05, 4.69) is 10.6 Å². The van der Waals surface area contributed by atoms with E-state index < -0.39 is 5.92 Å². The molecule has 2 aromatic rings. The summed E-state index contributed by atoms with van der Waals surface area (Å²) in [4.78, 5) is 26.5. The highest BCUT2D eigenvalue weighted by Gasteiger charge is 2.35. The predicted octanol–water partition coefficient (Wildman–Crippen LogP) is 3.54. The van der Waals surface area contributed by atoms with Crippen LogP contribution >= 0.6 is 24.0 Å². The van der Waals surface area contributed by atoms with Gasteiger partial charge < -0.3 is 15.5 Å². The van der Waals surface area contributed by atoms with Gasteiger partial charge in [-0.05, 0) is 54.4 Å². The number of nitrogens with one attached hydrogen (secondary N) is 2. The Hall–Kier alpha value is -2.15. The summed E-state index contributed by atoms with van der Waals surface area (Å²) in [6.45, 7) is 1.62. The van der Waals surface area contributed by atoms with E-state index in [9.17, 15) is 14.0 Å². The van der Waals surface area contributed by atoms with E-state index in [0.717, 1.165) is 5.56 Å². The van der Waals surface area contributed by atoms with Crippen molar-refractivity contribution in [2.24, 2.45) is 5.92 Å². The van der Waals surface area contributed by atoms with Crippen LogP contribution in [0.5, 0.6) is 0 Å². The fourth-order valence-corrected chi connectivity index (χ4v) is 3.74. The molecular formula is C20H20Cl2FN3O2. The van der Waals surface area contributed by atoms with Crippen LogP contribution in [0.15, 0.2) is 36.4 Å². The Labute approximate surface area is 173 Å². The number of halogens is 3. The van der Waals surface area contributed by atoms with Gasteiger partial charge in [0.25, 0.3) is 0 Å². The van der Waals surface area contributed by atoms with Crippen LogP contribution in [0, 0.1) is 11.7 Å². The summed E-state index contributed by atoms with van der Waals surface area (Å²) in [6.07, 6.45) is 0.697. The van der Waals surface area contributed by atoms with Crippen LogP contribution in [0.3, 0.4) is 0 Å². The maximum atomic E-state index is 14.7. The van der Waals surface area contributed by atoms with Gasteiger partial charge in [-0.3, -0.25) is 9.59 Å². The van der Waals surface area contributed by atoms with Crippen molar-refractivity contribution in [2.75, 3.05) is 23.3 Å². The quantitative estimate of drug-likeness (QED) is 0.793. The van der Waals surface area contributed by atoms with Gasteiger partial charge in [-0.25, -0.2) is 4.39 Å². The van der Waals surface area contributed by atoms with Gasteiger partial charge in [0.05, 0.1) is 11.6 Å². The summed E-state index contributed by atoms with van der Waals surface area (Å²) in [5, 5.41) is 6.45. The number of carbonyl (C=O) groups is 2. The number of nitrogens with zero attached hydrogens (tertiary/aromatic N) is 1. The van der Waals surface area contributed by atoms with E-state index in [1.165, 1.54) is 0 Å². The number of fused-ring (bicyclic) bond motifs is 1. The number of amides is 2. The molecule has 4 rings (SSSR count). The van der Waals surface area contributed by atoms with E-state index in [4.69, 9.17) is 11.6 Å². The summed E-state index contributed by atoms with van der Waals surface area (Å²) in [7, 11) is 0. The molecular weight excluding hydrogens is 404 g/mol. The number of hydrogen-bond acceptors (Lipinski definition) is 3. The minimum atomic E-state index is -0.523. The second-order valence-electron chi connectivity index (χ2n) is 6.86. The summed E-state index contributed by atoms with van der Waals surface area (Å²) < 4.78 is 14.7. The van der Waals surface area contributed by atoms with Crippen molar-refractivity contribution >= 4 is 47.2 Å². The highest BCUT2D eigenvalue weighted by molar-refractivity contribution is 6.30. The molecule has 1 unspecified atom stereocenters. The summed E-state index contributed by atoms with van der Waals surface area (Å²) in [6, 6.07) is 10.3. The molecule has 2 amide bonds. The zero-order valence-electron chi connectivity index (χ0n) is 15.0. The number of carbonyl (C=O) groups excluding carboxylic acids is 2. The van der Waals surface area contributed by atoms with Gasteiger partial charge in [0.2, 0.25) is 11.8 Å². The van der Waals surface area contributed by atoms with Gasteiger partial charge in [-0.1, -0.05) is 17.7 Å². The minimum absolute atomic E-state index is 0. The first-order valence-corrected chi connectivity index (χ1v) is 9.28. The average molecular weight is 424 g/mol. The molecule has 2 heterocycles. The maximum Gasteiger partial charge on any atom is 0.229 e. The lowest BCUT2D eigenvalue weighted by Gasteiger charge is -2.20. The molecule has 2 aliphatic heterocycles. The molecule has 0 aromatic heterocycles. The molecule has 0 radical (unpaired) electrons. The Morgan fingerprint density at radius 1 is 1.21 bits per heavy atom. The van der Waals surface area contributed by atoms with Gasteiger partial charge >= 0.3 is 0 Å². The number of benzene rings is 2. The first kappa shape index (κ1) is 20.6. The molecule has 0 saturated carbocycles. The third-order valence-electron chi connectivity index (χ3n) is 5.10. The lowest BCUT2D eigenvalue weighted by molar-refractivity contribution is -0.122. The molecule has 2 aromatic carbocycles. The second kappa shape index (κ2) is 8.47. The van der Waals surface area contributed by atoms with E-state index in [0.29, 0.717) is 35.8 Å². The van der Waals surface area contributed by atoms with Crippen molar-refractivity contribution in [1.82, 2.24) is 5.32 Å². The highest BCUT2D eigenvalue weighted by Crippen LogP contribution is 2.29. The molecule has 2 N–H and O–H groups in total. The Morgan fingerprint density at radius 2 is 1.96 bits per heavy atom. The lowest BCUT2D eigenvalue weighted by atomic mass is 9.99. The van der Waals surface area contributed by atoms with E-state index in [-0.39, 0.29) is 48.7 Å². The third kappa shape index (κ3) is 3.99. The Morgan fingerprint density at radius 3 is 2.71 bits per heavy atom.